The summed E-state index contributed by atoms with van der Waals surface area (Å²) in [5, 5.41) is 23.4. The minimum Gasteiger partial charge on any atom is -0.342 e. The van der Waals surface area contributed by atoms with Gasteiger partial charge in [-0.15, -0.1) is 16.8 Å². The Balaban J connectivity index is 1.80. The number of carbonyl (C=O) groups excluding carboxylic acids is 1. The second-order valence-corrected chi connectivity index (χ2v) is 8.46. The Labute approximate surface area is 190 Å². The molecule has 0 aliphatic rings. The molecule has 8 nitrogen and oxygen atoms in total. The first-order valence-electron chi connectivity index (χ1n) is 10.2. The van der Waals surface area contributed by atoms with Crippen molar-refractivity contribution >= 4 is 23.4 Å². The molecule has 0 radical (unpaired) electrons. The highest BCUT2D eigenvalue weighted by Crippen LogP contribution is 2.28. The van der Waals surface area contributed by atoms with Crippen molar-refractivity contribution in [2.45, 2.75) is 37.3 Å². The quantitative estimate of drug-likeness (QED) is 0.206. The molecule has 32 heavy (non-hydrogen) atoms. The molecule has 1 atom stereocenters. The third kappa shape index (κ3) is 5.61. The fourth-order valence-corrected chi connectivity index (χ4v) is 4.05. The van der Waals surface area contributed by atoms with Crippen molar-refractivity contribution < 1.29 is 9.72 Å². The first kappa shape index (κ1) is 23.2. The number of non-ortho nitro benzene ring substituents is 1. The SMILES string of the molecule is C=CCn1c(SCc2ccc([N+](=O)[O-])cc2)nnc1C(NC(=O)c1ccccc1)C(C)C. The number of amides is 1. The molecule has 1 N–H and O–H groups in total. The zero-order valence-electron chi connectivity index (χ0n) is 18.0. The van der Waals surface area contributed by atoms with Gasteiger partial charge in [-0.1, -0.05) is 62.0 Å². The summed E-state index contributed by atoms with van der Waals surface area (Å²) in [7, 11) is 0. The molecular weight excluding hydrogens is 426 g/mol. The summed E-state index contributed by atoms with van der Waals surface area (Å²) in [6.07, 6.45) is 1.76. The molecule has 0 spiro atoms. The number of carbonyl (C=O) groups is 1. The summed E-state index contributed by atoms with van der Waals surface area (Å²) in [6, 6.07) is 15.2. The molecule has 0 bridgehead atoms. The third-order valence-electron chi connectivity index (χ3n) is 4.84. The fraction of sp³-hybridized carbons (Fsp3) is 0.261. The molecule has 3 aromatic rings. The van der Waals surface area contributed by atoms with Gasteiger partial charge < -0.3 is 9.88 Å². The predicted molar refractivity (Wildman–Crippen MR) is 124 cm³/mol. The second-order valence-electron chi connectivity index (χ2n) is 7.51. The summed E-state index contributed by atoms with van der Waals surface area (Å²) in [6.45, 7) is 8.37. The van der Waals surface area contributed by atoms with E-state index in [9.17, 15) is 14.9 Å². The number of thioether (sulfide) groups is 1. The van der Waals surface area contributed by atoms with E-state index in [0.29, 0.717) is 28.8 Å². The number of nitro groups is 1. The Kier molecular flexibility index (Phi) is 7.77. The van der Waals surface area contributed by atoms with Crippen molar-refractivity contribution in [1.82, 2.24) is 20.1 Å². The summed E-state index contributed by atoms with van der Waals surface area (Å²) < 4.78 is 1.94. The summed E-state index contributed by atoms with van der Waals surface area (Å²) in [5.74, 6) is 1.16. The van der Waals surface area contributed by atoms with E-state index in [4.69, 9.17) is 0 Å². The first-order valence-corrected chi connectivity index (χ1v) is 11.1. The van der Waals surface area contributed by atoms with Crippen molar-refractivity contribution in [2.24, 2.45) is 5.92 Å². The lowest BCUT2D eigenvalue weighted by Crippen LogP contribution is -2.33. The van der Waals surface area contributed by atoms with Gasteiger partial charge in [0.2, 0.25) is 0 Å². The van der Waals surface area contributed by atoms with Gasteiger partial charge >= 0.3 is 0 Å². The van der Waals surface area contributed by atoms with Gasteiger partial charge in [-0.3, -0.25) is 14.9 Å². The van der Waals surface area contributed by atoms with E-state index in [2.05, 4.69) is 22.1 Å². The van der Waals surface area contributed by atoms with Crippen LogP contribution in [0.25, 0.3) is 0 Å². The molecule has 1 heterocycles. The van der Waals surface area contributed by atoms with Crippen LogP contribution in [0.2, 0.25) is 0 Å². The maximum Gasteiger partial charge on any atom is 0.269 e. The van der Waals surface area contributed by atoms with Gasteiger partial charge in [0.25, 0.3) is 11.6 Å². The number of nitrogens with zero attached hydrogens (tertiary/aromatic N) is 4. The van der Waals surface area contributed by atoms with Gasteiger partial charge in [-0.05, 0) is 23.6 Å². The molecule has 1 amide bonds. The first-order chi connectivity index (χ1) is 15.4. The Bertz CT molecular complexity index is 1080. The zero-order chi connectivity index (χ0) is 23.1. The van der Waals surface area contributed by atoms with E-state index >= 15 is 0 Å². The minimum absolute atomic E-state index is 0.0600. The molecule has 166 valence electrons. The normalized spacial score (nSPS) is 11.8. The van der Waals surface area contributed by atoms with Crippen LogP contribution in [0.15, 0.2) is 72.4 Å². The van der Waals surface area contributed by atoms with Crippen LogP contribution in [0.3, 0.4) is 0 Å². The molecule has 1 unspecified atom stereocenters. The van der Waals surface area contributed by atoms with Gasteiger partial charge in [0.05, 0.1) is 11.0 Å². The maximum atomic E-state index is 12.8. The predicted octanol–water partition coefficient (Wildman–Crippen LogP) is 4.79. The van der Waals surface area contributed by atoms with Crippen LogP contribution < -0.4 is 5.32 Å². The number of aromatic nitrogens is 3. The van der Waals surface area contributed by atoms with Crippen molar-refractivity contribution in [3.05, 3.63) is 94.3 Å². The molecule has 9 heteroatoms. The van der Waals surface area contributed by atoms with Crippen LogP contribution in [0.5, 0.6) is 0 Å². The van der Waals surface area contributed by atoms with E-state index in [0.717, 1.165) is 5.56 Å². The summed E-state index contributed by atoms with van der Waals surface area (Å²) in [5.41, 5.74) is 1.58. The van der Waals surface area contributed by atoms with Crippen molar-refractivity contribution in [3.63, 3.8) is 0 Å². The minimum atomic E-state index is -0.417. The maximum absolute atomic E-state index is 12.8. The van der Waals surface area contributed by atoms with Crippen LogP contribution in [-0.4, -0.2) is 25.6 Å². The lowest BCUT2D eigenvalue weighted by molar-refractivity contribution is -0.384. The molecule has 0 fully saturated rings. The molecular formula is C23H25N5O3S. The number of allylic oxidation sites excluding steroid dienone is 1. The Morgan fingerprint density at radius 1 is 1.19 bits per heavy atom. The van der Waals surface area contributed by atoms with Crippen LogP contribution in [0, 0.1) is 16.0 Å². The second kappa shape index (κ2) is 10.7. The standard InChI is InChI=1S/C23H25N5O3S/c1-4-14-27-21(20(16(2)3)24-22(29)18-8-6-5-7-9-18)25-26-23(27)32-15-17-10-12-19(13-11-17)28(30)31/h4-13,16,20H,1,14-15H2,2-3H3,(H,24,29). The van der Waals surface area contributed by atoms with E-state index < -0.39 is 4.92 Å². The number of benzene rings is 2. The highest BCUT2D eigenvalue weighted by Gasteiger charge is 2.26. The average Bonchev–Trinajstić information content (AvgIpc) is 3.19. The fourth-order valence-electron chi connectivity index (χ4n) is 3.14. The molecule has 3 rings (SSSR count). The van der Waals surface area contributed by atoms with E-state index in [-0.39, 0.29) is 23.6 Å². The van der Waals surface area contributed by atoms with E-state index in [1.54, 1.807) is 30.3 Å². The third-order valence-corrected chi connectivity index (χ3v) is 5.88. The highest BCUT2D eigenvalue weighted by molar-refractivity contribution is 7.98. The van der Waals surface area contributed by atoms with E-state index in [1.165, 1.54) is 23.9 Å². The molecule has 0 saturated carbocycles. The Morgan fingerprint density at radius 2 is 1.88 bits per heavy atom. The molecule has 2 aromatic carbocycles. The summed E-state index contributed by atoms with van der Waals surface area (Å²) in [4.78, 5) is 23.2. The molecule has 0 aliphatic heterocycles. The molecule has 1 aromatic heterocycles. The lowest BCUT2D eigenvalue weighted by Gasteiger charge is -2.22. The zero-order valence-corrected chi connectivity index (χ0v) is 18.8. The number of hydrogen-bond acceptors (Lipinski definition) is 6. The Morgan fingerprint density at radius 3 is 2.47 bits per heavy atom. The van der Waals surface area contributed by atoms with Crippen molar-refractivity contribution in [2.75, 3.05) is 0 Å². The average molecular weight is 452 g/mol. The molecule has 0 aliphatic carbocycles. The van der Waals surface area contributed by atoms with Gasteiger partial charge in [0.15, 0.2) is 11.0 Å². The summed E-state index contributed by atoms with van der Waals surface area (Å²) >= 11 is 1.48. The lowest BCUT2D eigenvalue weighted by atomic mass is 10.0. The van der Waals surface area contributed by atoms with Crippen molar-refractivity contribution in [1.29, 1.82) is 0 Å². The smallest absolute Gasteiger partial charge is 0.269 e. The van der Waals surface area contributed by atoms with Crippen molar-refractivity contribution in [3.8, 4) is 0 Å². The van der Waals surface area contributed by atoms with Crippen LogP contribution in [0.4, 0.5) is 5.69 Å². The number of nitro benzene ring substituents is 1. The number of hydrogen-bond donors (Lipinski definition) is 1. The Hall–Kier alpha value is -3.46. The van der Waals surface area contributed by atoms with Gasteiger partial charge in [0.1, 0.15) is 0 Å². The van der Waals surface area contributed by atoms with Crippen LogP contribution >= 0.6 is 11.8 Å². The van der Waals surface area contributed by atoms with Gasteiger partial charge in [0, 0.05) is 30.0 Å². The van der Waals surface area contributed by atoms with Gasteiger partial charge in [-0.2, -0.15) is 0 Å². The largest absolute Gasteiger partial charge is 0.342 e. The van der Waals surface area contributed by atoms with Crippen LogP contribution in [-0.2, 0) is 12.3 Å². The van der Waals surface area contributed by atoms with Gasteiger partial charge in [-0.25, -0.2) is 0 Å². The van der Waals surface area contributed by atoms with Crippen LogP contribution in [0.1, 0.15) is 41.6 Å². The molecule has 0 saturated heterocycles. The number of nitrogens with one attached hydrogen (secondary N) is 1. The van der Waals surface area contributed by atoms with E-state index in [1.807, 2.05) is 36.6 Å². The number of rotatable bonds is 10. The topological polar surface area (TPSA) is 103 Å². The monoisotopic (exact) mass is 451 g/mol. The highest BCUT2D eigenvalue weighted by atomic mass is 32.2.